The summed E-state index contributed by atoms with van der Waals surface area (Å²) >= 11 is 0. The van der Waals surface area contributed by atoms with Gasteiger partial charge in [0.15, 0.2) is 5.82 Å². The van der Waals surface area contributed by atoms with Crippen LogP contribution in [0.1, 0.15) is 13.3 Å². The number of hydrogen-bond donors (Lipinski definition) is 2. The standard InChI is InChI=1S/C9H15N5O/c1-2-14(7-5-8(10)13-15)9-4-3-6-11-12-9/h3-4,6,15H,2,5,7H2,1H3,(H2,10,13). The van der Waals surface area contributed by atoms with E-state index < -0.39 is 0 Å². The molecule has 0 radical (unpaired) electrons. The van der Waals surface area contributed by atoms with Crippen molar-refractivity contribution in [3.8, 4) is 0 Å². The van der Waals surface area contributed by atoms with Gasteiger partial charge in [-0.3, -0.25) is 0 Å². The molecule has 1 aromatic rings. The minimum Gasteiger partial charge on any atom is -0.409 e. The SMILES string of the molecule is CCN(CCC(N)=NO)c1cccnn1. The van der Waals surface area contributed by atoms with E-state index in [0.717, 1.165) is 12.4 Å². The van der Waals surface area contributed by atoms with E-state index in [9.17, 15) is 0 Å². The maximum absolute atomic E-state index is 8.41. The summed E-state index contributed by atoms with van der Waals surface area (Å²) in [5.74, 6) is 1.02. The van der Waals surface area contributed by atoms with Crippen LogP contribution in [0.25, 0.3) is 0 Å². The normalized spacial score (nSPS) is 11.4. The predicted octanol–water partition coefficient (Wildman–Crippen LogP) is 0.439. The van der Waals surface area contributed by atoms with E-state index in [2.05, 4.69) is 15.4 Å². The van der Waals surface area contributed by atoms with Gasteiger partial charge in [-0.15, -0.1) is 5.10 Å². The Hall–Kier alpha value is -1.85. The fraction of sp³-hybridized carbons (Fsp3) is 0.444. The molecule has 0 bridgehead atoms. The van der Waals surface area contributed by atoms with E-state index in [0.29, 0.717) is 13.0 Å². The van der Waals surface area contributed by atoms with E-state index in [1.165, 1.54) is 0 Å². The van der Waals surface area contributed by atoms with Crippen molar-refractivity contribution in [3.05, 3.63) is 18.3 Å². The Morgan fingerprint density at radius 2 is 2.47 bits per heavy atom. The molecule has 3 N–H and O–H groups in total. The van der Waals surface area contributed by atoms with Crippen molar-refractivity contribution >= 4 is 11.7 Å². The summed E-state index contributed by atoms with van der Waals surface area (Å²) in [6.07, 6.45) is 2.13. The highest BCUT2D eigenvalue weighted by atomic mass is 16.4. The molecule has 1 aromatic heterocycles. The molecule has 1 heterocycles. The molecule has 0 aromatic carbocycles. The zero-order valence-corrected chi connectivity index (χ0v) is 8.67. The number of oxime groups is 1. The molecule has 82 valence electrons. The molecule has 0 aliphatic rings. The van der Waals surface area contributed by atoms with E-state index >= 15 is 0 Å². The van der Waals surface area contributed by atoms with Crippen LogP contribution in [0.5, 0.6) is 0 Å². The van der Waals surface area contributed by atoms with Crippen molar-refractivity contribution < 1.29 is 5.21 Å². The van der Waals surface area contributed by atoms with Crippen LogP contribution in [-0.2, 0) is 0 Å². The van der Waals surface area contributed by atoms with Gasteiger partial charge < -0.3 is 15.8 Å². The molecule has 1 rings (SSSR count). The monoisotopic (exact) mass is 209 g/mol. The average molecular weight is 209 g/mol. The molecule has 0 saturated carbocycles. The van der Waals surface area contributed by atoms with Crippen LogP contribution in [0.3, 0.4) is 0 Å². The van der Waals surface area contributed by atoms with Crippen molar-refractivity contribution in [3.63, 3.8) is 0 Å². The fourth-order valence-electron chi connectivity index (χ4n) is 1.20. The number of anilines is 1. The molecule has 6 nitrogen and oxygen atoms in total. The molecule has 0 atom stereocenters. The molecule has 0 aliphatic carbocycles. The first-order valence-electron chi connectivity index (χ1n) is 4.77. The first kappa shape index (κ1) is 11.2. The summed E-state index contributed by atoms with van der Waals surface area (Å²) in [4.78, 5) is 2.00. The molecule has 0 aliphatic heterocycles. The van der Waals surface area contributed by atoms with Crippen molar-refractivity contribution in [2.45, 2.75) is 13.3 Å². The summed E-state index contributed by atoms with van der Waals surface area (Å²) in [7, 11) is 0. The molecule has 6 heteroatoms. The summed E-state index contributed by atoms with van der Waals surface area (Å²) in [5.41, 5.74) is 5.39. The maximum atomic E-state index is 8.41. The molecule has 0 saturated heterocycles. The lowest BCUT2D eigenvalue weighted by Crippen LogP contribution is -2.28. The number of aromatic nitrogens is 2. The van der Waals surface area contributed by atoms with Gasteiger partial charge in [-0.2, -0.15) is 5.10 Å². The van der Waals surface area contributed by atoms with Crippen molar-refractivity contribution in [2.75, 3.05) is 18.0 Å². The van der Waals surface area contributed by atoms with Gasteiger partial charge in [-0.1, -0.05) is 5.16 Å². The Morgan fingerprint density at radius 3 is 3.00 bits per heavy atom. The molecular formula is C9H15N5O. The topological polar surface area (TPSA) is 87.6 Å². The summed E-state index contributed by atoms with van der Waals surface area (Å²) in [6.45, 7) is 3.48. The third kappa shape index (κ3) is 3.41. The van der Waals surface area contributed by atoms with Gasteiger partial charge >= 0.3 is 0 Å². The van der Waals surface area contributed by atoms with Gasteiger partial charge in [-0.25, -0.2) is 0 Å². The van der Waals surface area contributed by atoms with Gasteiger partial charge in [0.05, 0.1) is 0 Å². The Balaban J connectivity index is 2.57. The lowest BCUT2D eigenvalue weighted by atomic mass is 10.3. The second-order valence-corrected chi connectivity index (χ2v) is 3.00. The van der Waals surface area contributed by atoms with E-state index in [-0.39, 0.29) is 5.84 Å². The van der Waals surface area contributed by atoms with Crippen LogP contribution >= 0.6 is 0 Å². The van der Waals surface area contributed by atoms with Gasteiger partial charge in [0.2, 0.25) is 0 Å². The van der Waals surface area contributed by atoms with Crippen molar-refractivity contribution in [1.29, 1.82) is 0 Å². The lowest BCUT2D eigenvalue weighted by molar-refractivity contribution is 0.317. The highest BCUT2D eigenvalue weighted by Gasteiger charge is 2.06. The lowest BCUT2D eigenvalue weighted by Gasteiger charge is -2.20. The predicted molar refractivity (Wildman–Crippen MR) is 57.9 cm³/mol. The van der Waals surface area contributed by atoms with Crippen LogP contribution in [0.2, 0.25) is 0 Å². The van der Waals surface area contributed by atoms with E-state index in [1.807, 2.05) is 24.0 Å². The Kier molecular flexibility index (Phi) is 4.33. The summed E-state index contributed by atoms with van der Waals surface area (Å²) in [5, 5.41) is 19.1. The molecule has 0 spiro atoms. The highest BCUT2D eigenvalue weighted by Crippen LogP contribution is 2.07. The second-order valence-electron chi connectivity index (χ2n) is 3.00. The number of hydrogen-bond acceptors (Lipinski definition) is 5. The largest absolute Gasteiger partial charge is 0.409 e. The molecule has 0 fully saturated rings. The van der Waals surface area contributed by atoms with Gasteiger partial charge in [-0.05, 0) is 19.1 Å². The highest BCUT2D eigenvalue weighted by molar-refractivity contribution is 5.80. The third-order valence-corrected chi connectivity index (χ3v) is 2.03. The number of nitrogens with two attached hydrogens (primary N) is 1. The van der Waals surface area contributed by atoms with Crippen molar-refractivity contribution in [2.24, 2.45) is 10.9 Å². The maximum Gasteiger partial charge on any atom is 0.151 e. The molecular weight excluding hydrogens is 194 g/mol. The minimum absolute atomic E-state index is 0.220. The van der Waals surface area contributed by atoms with E-state index in [1.54, 1.807) is 6.20 Å². The quantitative estimate of drug-likeness (QED) is 0.318. The fourth-order valence-corrected chi connectivity index (χ4v) is 1.20. The minimum atomic E-state index is 0.220. The number of amidine groups is 1. The van der Waals surface area contributed by atoms with Crippen LogP contribution in [-0.4, -0.2) is 34.3 Å². The Bertz CT molecular complexity index is 314. The third-order valence-electron chi connectivity index (χ3n) is 2.03. The van der Waals surface area contributed by atoms with Crippen LogP contribution in [0.15, 0.2) is 23.5 Å². The molecule has 15 heavy (non-hydrogen) atoms. The summed E-state index contributed by atoms with van der Waals surface area (Å²) in [6, 6.07) is 3.71. The van der Waals surface area contributed by atoms with Crippen LogP contribution < -0.4 is 10.6 Å². The van der Waals surface area contributed by atoms with Crippen molar-refractivity contribution in [1.82, 2.24) is 10.2 Å². The zero-order valence-electron chi connectivity index (χ0n) is 8.67. The first-order valence-corrected chi connectivity index (χ1v) is 4.77. The number of nitrogens with zero attached hydrogens (tertiary/aromatic N) is 4. The summed E-state index contributed by atoms with van der Waals surface area (Å²) < 4.78 is 0. The first-order chi connectivity index (χ1) is 7.27. The Labute approximate surface area is 88.4 Å². The number of rotatable bonds is 5. The smallest absolute Gasteiger partial charge is 0.151 e. The van der Waals surface area contributed by atoms with Crippen LogP contribution in [0, 0.1) is 0 Å². The van der Waals surface area contributed by atoms with Gasteiger partial charge in [0.1, 0.15) is 5.84 Å². The molecule has 0 unspecified atom stereocenters. The van der Waals surface area contributed by atoms with E-state index in [4.69, 9.17) is 10.9 Å². The Morgan fingerprint density at radius 1 is 1.67 bits per heavy atom. The van der Waals surface area contributed by atoms with Gasteiger partial charge in [0, 0.05) is 25.7 Å². The average Bonchev–Trinajstić information content (AvgIpc) is 2.31. The molecule has 0 amide bonds. The van der Waals surface area contributed by atoms with Gasteiger partial charge in [0.25, 0.3) is 0 Å². The second kappa shape index (κ2) is 5.79. The zero-order chi connectivity index (χ0) is 11.1. The van der Waals surface area contributed by atoms with Crippen LogP contribution in [0.4, 0.5) is 5.82 Å².